The lowest BCUT2D eigenvalue weighted by atomic mass is 9.95. The molecule has 1 aliphatic rings. The highest BCUT2D eigenvalue weighted by Gasteiger charge is 2.47. The van der Waals surface area contributed by atoms with Gasteiger partial charge in [0.15, 0.2) is 0 Å². The molecule has 1 fully saturated rings. The Labute approximate surface area is 195 Å². The zero-order chi connectivity index (χ0) is 23.7. The van der Waals surface area contributed by atoms with Gasteiger partial charge in [-0.3, -0.25) is 19.5 Å². The zero-order valence-electron chi connectivity index (χ0n) is 18.2. The van der Waals surface area contributed by atoms with Gasteiger partial charge in [0, 0.05) is 29.2 Å². The summed E-state index contributed by atoms with van der Waals surface area (Å²) in [7, 11) is 2.95. The topological polar surface area (TPSA) is 89.0 Å². The van der Waals surface area contributed by atoms with Gasteiger partial charge in [0.2, 0.25) is 0 Å². The molecular weight excluding hydrogens is 444 g/mol. The van der Waals surface area contributed by atoms with Gasteiger partial charge >= 0.3 is 0 Å². The van der Waals surface area contributed by atoms with E-state index in [2.05, 4.69) is 4.98 Å². The second-order valence-corrected chi connectivity index (χ2v) is 7.86. The first-order chi connectivity index (χ1) is 15.9. The molecule has 1 atom stereocenters. The molecule has 33 heavy (non-hydrogen) atoms. The van der Waals surface area contributed by atoms with Crippen LogP contribution in [0.3, 0.4) is 0 Å². The van der Waals surface area contributed by atoms with Crippen molar-refractivity contribution in [1.29, 1.82) is 0 Å². The first-order valence-corrected chi connectivity index (χ1v) is 10.4. The van der Waals surface area contributed by atoms with Gasteiger partial charge in [0.05, 0.1) is 31.4 Å². The van der Waals surface area contributed by atoms with Crippen molar-refractivity contribution < 1.29 is 24.2 Å². The minimum atomic E-state index is -0.913. The second kappa shape index (κ2) is 8.96. The number of halogens is 1. The van der Waals surface area contributed by atoms with Gasteiger partial charge in [-0.15, -0.1) is 0 Å². The maximum Gasteiger partial charge on any atom is 0.300 e. The minimum absolute atomic E-state index is 0.0758. The highest BCUT2D eigenvalue weighted by molar-refractivity contribution is 6.51. The third-order valence-corrected chi connectivity index (χ3v) is 5.95. The van der Waals surface area contributed by atoms with Crippen LogP contribution in [0.2, 0.25) is 5.02 Å². The lowest BCUT2D eigenvalue weighted by Crippen LogP contribution is -2.29. The number of aliphatic hydroxyl groups is 1. The van der Waals surface area contributed by atoms with Crippen molar-refractivity contribution in [3.63, 3.8) is 0 Å². The van der Waals surface area contributed by atoms with Crippen LogP contribution in [0.1, 0.15) is 22.7 Å². The average Bonchev–Trinajstić information content (AvgIpc) is 3.11. The van der Waals surface area contributed by atoms with Crippen molar-refractivity contribution in [3.05, 3.63) is 88.2 Å². The van der Waals surface area contributed by atoms with Crippen molar-refractivity contribution in [3.8, 4) is 11.5 Å². The van der Waals surface area contributed by atoms with Crippen LogP contribution in [0, 0.1) is 6.92 Å². The third-order valence-electron chi connectivity index (χ3n) is 5.54. The van der Waals surface area contributed by atoms with Gasteiger partial charge in [-0.1, -0.05) is 23.7 Å². The van der Waals surface area contributed by atoms with Gasteiger partial charge in [-0.25, -0.2) is 0 Å². The van der Waals surface area contributed by atoms with Crippen LogP contribution in [0.25, 0.3) is 5.76 Å². The molecule has 0 radical (unpaired) electrons. The number of carbonyl (C=O) groups excluding carboxylic acids is 2. The Morgan fingerprint density at radius 2 is 1.88 bits per heavy atom. The predicted molar refractivity (Wildman–Crippen MR) is 125 cm³/mol. The van der Waals surface area contributed by atoms with Crippen LogP contribution in [0.5, 0.6) is 11.5 Å². The molecule has 1 N–H and O–H groups in total. The van der Waals surface area contributed by atoms with Crippen molar-refractivity contribution in [1.82, 2.24) is 4.98 Å². The number of aliphatic hydroxyl groups excluding tert-OH is 1. The zero-order valence-corrected chi connectivity index (χ0v) is 19.0. The van der Waals surface area contributed by atoms with Gasteiger partial charge in [0.1, 0.15) is 17.3 Å². The summed E-state index contributed by atoms with van der Waals surface area (Å²) in [5, 5.41) is 11.7. The van der Waals surface area contributed by atoms with E-state index in [4.69, 9.17) is 21.1 Å². The Balaban J connectivity index is 1.96. The SMILES string of the molecule is COc1ccc(/C(O)=C2/C(=O)C(=O)N(c3ccc(C)c(Cl)c3)C2c2cccnc2)c(OC)c1. The maximum absolute atomic E-state index is 13.2. The van der Waals surface area contributed by atoms with E-state index < -0.39 is 17.7 Å². The number of hydrogen-bond acceptors (Lipinski definition) is 6. The molecule has 1 saturated heterocycles. The molecule has 0 spiro atoms. The molecule has 1 aromatic heterocycles. The summed E-state index contributed by atoms with van der Waals surface area (Å²) in [6, 6.07) is 12.4. The summed E-state index contributed by atoms with van der Waals surface area (Å²) in [5.41, 5.74) is 2.00. The maximum atomic E-state index is 13.2. The van der Waals surface area contributed by atoms with Crippen molar-refractivity contribution in [2.24, 2.45) is 0 Å². The van der Waals surface area contributed by atoms with Crippen molar-refractivity contribution in [2.45, 2.75) is 13.0 Å². The molecule has 1 amide bonds. The Kier molecular flexibility index (Phi) is 6.07. The fourth-order valence-corrected chi connectivity index (χ4v) is 4.00. The van der Waals surface area contributed by atoms with Crippen LogP contribution >= 0.6 is 11.6 Å². The Morgan fingerprint density at radius 3 is 2.52 bits per heavy atom. The summed E-state index contributed by atoms with van der Waals surface area (Å²) < 4.78 is 10.6. The molecule has 2 aromatic carbocycles. The number of ether oxygens (including phenoxy) is 2. The van der Waals surface area contributed by atoms with E-state index in [1.807, 2.05) is 6.92 Å². The normalized spacial score (nSPS) is 17.3. The number of rotatable bonds is 5. The number of methoxy groups -OCH3 is 2. The van der Waals surface area contributed by atoms with E-state index in [0.29, 0.717) is 27.8 Å². The Hall–Kier alpha value is -3.84. The summed E-state index contributed by atoms with van der Waals surface area (Å²) >= 11 is 6.31. The van der Waals surface area contributed by atoms with E-state index in [0.717, 1.165) is 5.56 Å². The standard InChI is InChI=1S/C25H21ClN2O5/c1-14-6-7-16(11-19(14)26)28-22(15-5-4-10-27-13-15)21(24(30)25(28)31)23(29)18-9-8-17(32-2)12-20(18)33-3/h4-13,22,29H,1-3H3/b23-21-. The van der Waals surface area contributed by atoms with Crippen molar-refractivity contribution >= 4 is 34.7 Å². The highest BCUT2D eigenvalue weighted by Crippen LogP contribution is 2.44. The number of nitrogens with zero attached hydrogens (tertiary/aromatic N) is 2. The summed E-state index contributed by atoms with van der Waals surface area (Å²) in [4.78, 5) is 31.9. The first-order valence-electron chi connectivity index (χ1n) is 10.1. The number of aromatic nitrogens is 1. The number of ketones is 1. The van der Waals surface area contributed by atoms with Crippen LogP contribution in [0.4, 0.5) is 5.69 Å². The molecule has 1 aliphatic heterocycles. The van der Waals surface area contributed by atoms with E-state index in [1.165, 1.54) is 19.1 Å². The van der Waals surface area contributed by atoms with E-state index >= 15 is 0 Å². The molecule has 0 saturated carbocycles. The Morgan fingerprint density at radius 1 is 1.09 bits per heavy atom. The van der Waals surface area contributed by atoms with E-state index in [-0.39, 0.29) is 16.9 Å². The Bertz CT molecular complexity index is 1270. The largest absolute Gasteiger partial charge is 0.507 e. The number of aryl methyl sites for hydroxylation is 1. The van der Waals surface area contributed by atoms with Crippen molar-refractivity contribution in [2.75, 3.05) is 19.1 Å². The second-order valence-electron chi connectivity index (χ2n) is 7.46. The van der Waals surface area contributed by atoms with Gasteiger partial charge in [-0.2, -0.15) is 0 Å². The van der Waals surface area contributed by atoms with Crippen LogP contribution in [-0.2, 0) is 9.59 Å². The van der Waals surface area contributed by atoms with E-state index in [9.17, 15) is 14.7 Å². The number of hydrogen-bond donors (Lipinski definition) is 1. The number of pyridine rings is 1. The molecule has 3 aromatic rings. The molecule has 0 aliphatic carbocycles. The van der Waals surface area contributed by atoms with Crippen LogP contribution in [0.15, 0.2) is 66.5 Å². The fourth-order valence-electron chi connectivity index (χ4n) is 3.82. The summed E-state index contributed by atoms with van der Waals surface area (Å²) in [6.45, 7) is 1.84. The lowest BCUT2D eigenvalue weighted by Gasteiger charge is -2.25. The van der Waals surface area contributed by atoms with Crippen LogP contribution < -0.4 is 14.4 Å². The summed E-state index contributed by atoms with van der Waals surface area (Å²) in [5.74, 6) is -1.15. The molecule has 1 unspecified atom stereocenters. The number of Topliss-reactive ketones (excluding diaryl/α,β-unsaturated/α-hetero) is 1. The molecular formula is C25H21ClN2O5. The van der Waals surface area contributed by atoms with Gasteiger partial charge < -0.3 is 14.6 Å². The fraction of sp³-hybridized carbons (Fsp3) is 0.160. The third kappa shape index (κ3) is 3.91. The quantitative estimate of drug-likeness (QED) is 0.335. The van der Waals surface area contributed by atoms with E-state index in [1.54, 1.807) is 60.9 Å². The molecule has 7 nitrogen and oxygen atoms in total. The average molecular weight is 465 g/mol. The summed E-state index contributed by atoms with van der Waals surface area (Å²) in [6.07, 6.45) is 3.14. The number of anilines is 1. The molecule has 2 heterocycles. The molecule has 0 bridgehead atoms. The monoisotopic (exact) mass is 464 g/mol. The molecule has 168 valence electrons. The first kappa shape index (κ1) is 22.4. The minimum Gasteiger partial charge on any atom is -0.507 e. The number of amides is 1. The number of benzene rings is 2. The van der Waals surface area contributed by atoms with Gasteiger partial charge in [0.25, 0.3) is 11.7 Å². The number of carbonyl (C=O) groups is 2. The van der Waals surface area contributed by atoms with Gasteiger partial charge in [-0.05, 0) is 48.4 Å². The highest BCUT2D eigenvalue weighted by atomic mass is 35.5. The molecule has 4 rings (SSSR count). The predicted octanol–water partition coefficient (Wildman–Crippen LogP) is 4.69. The smallest absolute Gasteiger partial charge is 0.300 e. The molecule has 8 heteroatoms. The lowest BCUT2D eigenvalue weighted by molar-refractivity contribution is -0.132. The van der Waals surface area contributed by atoms with Crippen LogP contribution in [-0.4, -0.2) is 36.0 Å².